The molecule has 0 bridgehead atoms. The summed E-state index contributed by atoms with van der Waals surface area (Å²) >= 11 is 0. The average molecular weight is 496 g/mol. The number of halogens is 1. The number of nitrogens with zero attached hydrogens (tertiary/aromatic N) is 1. The first-order valence-corrected chi connectivity index (χ1v) is 9.62. The van der Waals surface area contributed by atoms with Crippen molar-refractivity contribution in [3.05, 3.63) is 58.5 Å². The quantitative estimate of drug-likeness (QED) is 0.323. The Labute approximate surface area is 183 Å². The number of aliphatic imine (C=N–C) groups is 1. The molecular weight excluding hydrogens is 467 g/mol. The number of nitrogens with two attached hydrogens (primary N) is 1. The Balaban J connectivity index is 0.00000280. The highest BCUT2D eigenvalue weighted by molar-refractivity contribution is 14.0. The van der Waals surface area contributed by atoms with Gasteiger partial charge in [0.05, 0.1) is 6.04 Å². The molecule has 3 rings (SSSR count). The van der Waals surface area contributed by atoms with E-state index in [9.17, 15) is 4.79 Å². The van der Waals surface area contributed by atoms with Crippen LogP contribution in [0.3, 0.4) is 0 Å². The summed E-state index contributed by atoms with van der Waals surface area (Å²) in [5.74, 6) is 0.888. The summed E-state index contributed by atoms with van der Waals surface area (Å²) in [6.45, 7) is 5.25. The molecule has 0 fully saturated rings. The fourth-order valence-electron chi connectivity index (χ4n) is 3.38. The lowest BCUT2D eigenvalue weighted by atomic mass is 9.89. The van der Waals surface area contributed by atoms with Gasteiger partial charge in [-0.25, -0.2) is 4.99 Å². The number of rotatable bonds is 6. The molecule has 1 unspecified atom stereocenters. The van der Waals surface area contributed by atoms with Crippen LogP contribution in [0.25, 0.3) is 0 Å². The van der Waals surface area contributed by atoms with Crippen LogP contribution in [0, 0.1) is 0 Å². The molecular formula is C21H29IN4O2. The summed E-state index contributed by atoms with van der Waals surface area (Å²) in [5, 5.41) is 6.70. The van der Waals surface area contributed by atoms with Gasteiger partial charge in [-0.2, -0.15) is 0 Å². The highest BCUT2D eigenvalue weighted by Gasteiger charge is 2.14. The number of hydrogen-bond donors (Lipinski definition) is 3. The molecule has 0 spiro atoms. The van der Waals surface area contributed by atoms with Gasteiger partial charge in [0, 0.05) is 6.54 Å². The third-order valence-electron chi connectivity index (χ3n) is 4.87. The predicted octanol–water partition coefficient (Wildman–Crippen LogP) is 3.69. The molecule has 1 atom stereocenters. The van der Waals surface area contributed by atoms with Gasteiger partial charge in [0.15, 0.2) is 11.7 Å². The lowest BCUT2D eigenvalue weighted by molar-refractivity contribution is 0.0972. The van der Waals surface area contributed by atoms with Gasteiger partial charge in [-0.15, -0.1) is 24.0 Å². The zero-order valence-electron chi connectivity index (χ0n) is 16.5. The number of carbonyl (C=O) groups excluding carboxylic acids is 1. The lowest BCUT2D eigenvalue weighted by Gasteiger charge is -2.21. The second-order valence-corrected chi connectivity index (χ2v) is 6.93. The van der Waals surface area contributed by atoms with E-state index in [1.165, 1.54) is 42.4 Å². The van der Waals surface area contributed by atoms with Crippen LogP contribution >= 0.6 is 24.0 Å². The third-order valence-corrected chi connectivity index (χ3v) is 4.87. The number of benzene rings is 1. The van der Waals surface area contributed by atoms with Crippen molar-refractivity contribution in [1.29, 1.82) is 0 Å². The van der Waals surface area contributed by atoms with E-state index in [2.05, 4.69) is 40.7 Å². The molecule has 1 aliphatic rings. The van der Waals surface area contributed by atoms with Crippen LogP contribution in [-0.4, -0.2) is 18.4 Å². The summed E-state index contributed by atoms with van der Waals surface area (Å²) in [6.07, 6.45) is 4.93. The van der Waals surface area contributed by atoms with Crippen molar-refractivity contribution in [2.24, 2.45) is 10.7 Å². The van der Waals surface area contributed by atoms with Gasteiger partial charge in [-0.1, -0.05) is 18.2 Å². The topological polar surface area (TPSA) is 92.6 Å². The Bertz CT molecular complexity index is 832. The van der Waals surface area contributed by atoms with Gasteiger partial charge >= 0.3 is 0 Å². The first-order valence-electron chi connectivity index (χ1n) is 9.62. The van der Waals surface area contributed by atoms with Gasteiger partial charge in [-0.05, 0) is 68.4 Å². The predicted molar refractivity (Wildman–Crippen MR) is 122 cm³/mol. The molecule has 1 aliphatic carbocycles. The zero-order valence-corrected chi connectivity index (χ0v) is 18.8. The molecule has 0 saturated heterocycles. The average Bonchev–Trinajstić information content (AvgIpc) is 3.15. The standard InChI is InChI=1S/C21H28N4O2.HI/c1-3-23-21(24-13-18-10-11-19(27-18)20(22)26)25-14(2)16-9-8-15-6-4-5-7-17(15)12-16;/h8-12,14H,3-7,13H2,1-2H3,(H2,22,26)(H2,23,24,25);1H. The first-order chi connectivity index (χ1) is 13.1. The maximum atomic E-state index is 11.1. The van der Waals surface area contributed by atoms with Crippen LogP contribution in [-0.2, 0) is 19.4 Å². The molecule has 1 aromatic heterocycles. The van der Waals surface area contributed by atoms with Crippen molar-refractivity contribution in [1.82, 2.24) is 10.6 Å². The van der Waals surface area contributed by atoms with E-state index in [1.807, 2.05) is 6.92 Å². The number of primary amides is 1. The van der Waals surface area contributed by atoms with E-state index in [0.29, 0.717) is 18.3 Å². The summed E-state index contributed by atoms with van der Waals surface area (Å²) in [4.78, 5) is 15.7. The molecule has 4 N–H and O–H groups in total. The molecule has 1 amide bonds. The lowest BCUT2D eigenvalue weighted by Crippen LogP contribution is -2.38. The molecule has 28 heavy (non-hydrogen) atoms. The Morgan fingerprint density at radius 2 is 1.96 bits per heavy atom. The number of nitrogens with one attached hydrogen (secondary N) is 2. The van der Waals surface area contributed by atoms with Gasteiger partial charge in [-0.3, -0.25) is 4.79 Å². The van der Waals surface area contributed by atoms with E-state index in [0.717, 1.165) is 6.54 Å². The van der Waals surface area contributed by atoms with Crippen LogP contribution < -0.4 is 16.4 Å². The molecule has 7 heteroatoms. The summed E-state index contributed by atoms with van der Waals surface area (Å²) in [7, 11) is 0. The molecule has 2 aromatic rings. The first kappa shape index (κ1) is 22.3. The van der Waals surface area contributed by atoms with Crippen molar-refractivity contribution in [2.75, 3.05) is 6.54 Å². The molecule has 1 aromatic carbocycles. The highest BCUT2D eigenvalue weighted by Crippen LogP contribution is 2.24. The fraction of sp³-hybridized carbons (Fsp3) is 0.429. The van der Waals surface area contributed by atoms with E-state index < -0.39 is 5.91 Å². The molecule has 0 radical (unpaired) electrons. The minimum absolute atomic E-state index is 0. The molecule has 0 aliphatic heterocycles. The maximum Gasteiger partial charge on any atom is 0.284 e. The Morgan fingerprint density at radius 1 is 1.21 bits per heavy atom. The van der Waals surface area contributed by atoms with E-state index in [1.54, 1.807) is 12.1 Å². The number of fused-ring (bicyclic) bond motifs is 1. The van der Waals surface area contributed by atoms with Crippen molar-refractivity contribution in [3.8, 4) is 0 Å². The zero-order chi connectivity index (χ0) is 19.2. The second-order valence-electron chi connectivity index (χ2n) is 6.93. The van der Waals surface area contributed by atoms with Crippen LogP contribution in [0.1, 0.15) is 65.7 Å². The number of carbonyl (C=O) groups is 1. The van der Waals surface area contributed by atoms with E-state index in [4.69, 9.17) is 10.2 Å². The van der Waals surface area contributed by atoms with E-state index in [-0.39, 0.29) is 35.8 Å². The second kappa shape index (κ2) is 10.5. The smallest absolute Gasteiger partial charge is 0.284 e. The number of furan rings is 1. The SMILES string of the molecule is CCNC(=NCc1ccc(C(N)=O)o1)NC(C)c1ccc2c(c1)CCCC2.I. The normalized spacial score (nSPS) is 14.6. The minimum atomic E-state index is -0.573. The Kier molecular flexibility index (Phi) is 8.35. The van der Waals surface area contributed by atoms with Gasteiger partial charge in [0.2, 0.25) is 0 Å². The number of aryl methyl sites for hydroxylation is 2. The largest absolute Gasteiger partial charge is 0.454 e. The number of amides is 1. The van der Waals surface area contributed by atoms with Crippen molar-refractivity contribution >= 4 is 35.8 Å². The fourth-order valence-corrected chi connectivity index (χ4v) is 3.38. The van der Waals surface area contributed by atoms with E-state index >= 15 is 0 Å². The van der Waals surface area contributed by atoms with Crippen LogP contribution in [0.4, 0.5) is 0 Å². The van der Waals surface area contributed by atoms with Crippen LogP contribution in [0.5, 0.6) is 0 Å². The monoisotopic (exact) mass is 496 g/mol. The van der Waals surface area contributed by atoms with Crippen molar-refractivity contribution in [2.45, 2.75) is 52.1 Å². The van der Waals surface area contributed by atoms with Crippen LogP contribution in [0.2, 0.25) is 0 Å². The van der Waals surface area contributed by atoms with Gasteiger partial charge in [0.25, 0.3) is 5.91 Å². The molecule has 6 nitrogen and oxygen atoms in total. The highest BCUT2D eigenvalue weighted by atomic mass is 127. The van der Waals surface area contributed by atoms with Crippen molar-refractivity contribution < 1.29 is 9.21 Å². The van der Waals surface area contributed by atoms with Crippen molar-refractivity contribution in [3.63, 3.8) is 0 Å². The molecule has 1 heterocycles. The summed E-state index contributed by atoms with van der Waals surface area (Å²) in [6, 6.07) is 10.2. The molecule has 0 saturated carbocycles. The van der Waals surface area contributed by atoms with Gasteiger partial charge < -0.3 is 20.8 Å². The van der Waals surface area contributed by atoms with Crippen LogP contribution in [0.15, 0.2) is 39.7 Å². The third kappa shape index (κ3) is 5.73. The number of hydrogen-bond acceptors (Lipinski definition) is 3. The minimum Gasteiger partial charge on any atom is -0.454 e. The van der Waals surface area contributed by atoms with Gasteiger partial charge in [0.1, 0.15) is 12.3 Å². The Morgan fingerprint density at radius 3 is 2.64 bits per heavy atom. The molecule has 152 valence electrons. The Hall–Kier alpha value is -2.03. The maximum absolute atomic E-state index is 11.1. The number of guanidine groups is 1. The summed E-state index contributed by atoms with van der Waals surface area (Å²) in [5.41, 5.74) is 9.44. The summed E-state index contributed by atoms with van der Waals surface area (Å²) < 4.78 is 5.39.